The van der Waals surface area contributed by atoms with Crippen LogP contribution < -0.4 is 10.1 Å². The molecule has 1 fully saturated rings. The first kappa shape index (κ1) is 27.8. The number of hydrogen-bond acceptors (Lipinski definition) is 6. The summed E-state index contributed by atoms with van der Waals surface area (Å²) in [6, 6.07) is 7.69. The summed E-state index contributed by atoms with van der Waals surface area (Å²) in [6.07, 6.45) is 8.76. The van der Waals surface area contributed by atoms with Crippen molar-refractivity contribution in [3.8, 4) is 5.75 Å². The van der Waals surface area contributed by atoms with E-state index in [2.05, 4.69) is 55.1 Å². The molecular weight excluding hydrogens is 426 g/mol. The standard InChI is InChI=1S/C28H43N3O3/c1-6-10-27(28(21(4)7-2)22(5)29-8-3)31-15-13-24(14-16-31)30-18-25(33)20-34-26-12-9-11-23(17-26)19-32/h7-12,17,24-25,30,32-33H,6,13-16,18-20H2,1-5H3/b21-7-,27-10-,28-22-,29-8?. The number of ether oxygens (including phenoxy) is 1. The van der Waals surface area contributed by atoms with Gasteiger partial charge in [-0.25, -0.2) is 0 Å². The predicted octanol–water partition coefficient (Wildman–Crippen LogP) is 4.60. The van der Waals surface area contributed by atoms with Crippen LogP contribution in [0.3, 0.4) is 0 Å². The van der Waals surface area contributed by atoms with Crippen LogP contribution in [0.15, 0.2) is 64.0 Å². The lowest BCUT2D eigenvalue weighted by Gasteiger charge is -2.37. The Morgan fingerprint density at radius 1 is 1.26 bits per heavy atom. The molecule has 6 nitrogen and oxygen atoms in total. The molecule has 2 rings (SSSR count). The molecule has 1 unspecified atom stereocenters. The number of nitrogens with zero attached hydrogens (tertiary/aromatic N) is 2. The highest BCUT2D eigenvalue weighted by Crippen LogP contribution is 2.29. The first-order valence-corrected chi connectivity index (χ1v) is 12.5. The molecule has 0 bridgehead atoms. The zero-order valence-corrected chi connectivity index (χ0v) is 21.6. The van der Waals surface area contributed by atoms with Gasteiger partial charge in [0.2, 0.25) is 0 Å². The third-order valence-corrected chi connectivity index (χ3v) is 6.17. The molecule has 0 radical (unpaired) electrons. The Hall–Kier alpha value is -2.41. The molecule has 1 aromatic carbocycles. The summed E-state index contributed by atoms with van der Waals surface area (Å²) in [5.74, 6) is 0.664. The van der Waals surface area contributed by atoms with E-state index < -0.39 is 6.10 Å². The smallest absolute Gasteiger partial charge is 0.119 e. The largest absolute Gasteiger partial charge is 0.491 e. The molecule has 0 spiro atoms. The molecule has 1 heterocycles. The van der Waals surface area contributed by atoms with E-state index in [0.717, 1.165) is 43.6 Å². The molecule has 3 N–H and O–H groups in total. The maximum Gasteiger partial charge on any atom is 0.119 e. The van der Waals surface area contributed by atoms with E-state index >= 15 is 0 Å². The first-order chi connectivity index (χ1) is 16.4. The van der Waals surface area contributed by atoms with Crippen LogP contribution >= 0.6 is 0 Å². The molecule has 1 saturated heterocycles. The lowest BCUT2D eigenvalue weighted by atomic mass is 9.96. The van der Waals surface area contributed by atoms with Crippen molar-refractivity contribution in [1.29, 1.82) is 0 Å². The van der Waals surface area contributed by atoms with E-state index in [1.165, 1.54) is 16.8 Å². The minimum atomic E-state index is -0.590. The van der Waals surface area contributed by atoms with Crippen LogP contribution in [0.5, 0.6) is 5.75 Å². The number of hydrogen-bond donors (Lipinski definition) is 3. The second-order valence-electron chi connectivity index (χ2n) is 8.76. The normalized spacial score (nSPS) is 17.8. The first-order valence-electron chi connectivity index (χ1n) is 12.5. The third-order valence-electron chi connectivity index (χ3n) is 6.17. The predicted molar refractivity (Wildman–Crippen MR) is 141 cm³/mol. The van der Waals surface area contributed by atoms with Gasteiger partial charge in [-0.05, 0) is 70.2 Å². The molecule has 0 aromatic heterocycles. The van der Waals surface area contributed by atoms with Crippen molar-refractivity contribution in [2.45, 2.75) is 72.6 Å². The van der Waals surface area contributed by atoms with E-state index in [-0.39, 0.29) is 13.2 Å². The lowest BCUT2D eigenvalue weighted by molar-refractivity contribution is 0.0997. The fourth-order valence-electron chi connectivity index (χ4n) is 4.27. The zero-order chi connectivity index (χ0) is 24.9. The van der Waals surface area contributed by atoms with Gasteiger partial charge >= 0.3 is 0 Å². The Morgan fingerprint density at radius 2 is 2.00 bits per heavy atom. The number of nitrogens with one attached hydrogen (secondary N) is 1. The lowest BCUT2D eigenvalue weighted by Crippen LogP contribution is -2.45. The summed E-state index contributed by atoms with van der Waals surface area (Å²) >= 11 is 0. The van der Waals surface area contributed by atoms with Gasteiger partial charge in [-0.15, -0.1) is 0 Å². The average molecular weight is 470 g/mol. The highest BCUT2D eigenvalue weighted by atomic mass is 16.5. The fourth-order valence-corrected chi connectivity index (χ4v) is 4.27. The van der Waals surface area contributed by atoms with E-state index in [4.69, 9.17) is 4.74 Å². The fraction of sp³-hybridized carbons (Fsp3) is 0.536. The number of piperidine rings is 1. The minimum Gasteiger partial charge on any atom is -0.491 e. The van der Waals surface area contributed by atoms with E-state index in [1.54, 1.807) is 6.07 Å². The maximum atomic E-state index is 10.4. The van der Waals surface area contributed by atoms with Crippen molar-refractivity contribution >= 4 is 6.21 Å². The zero-order valence-electron chi connectivity index (χ0n) is 21.6. The van der Waals surface area contributed by atoms with Gasteiger partial charge < -0.3 is 25.2 Å². The van der Waals surface area contributed by atoms with Crippen LogP contribution in [-0.2, 0) is 6.61 Å². The minimum absolute atomic E-state index is 0.0217. The number of allylic oxidation sites excluding steroid dienone is 4. The van der Waals surface area contributed by atoms with Crippen molar-refractivity contribution in [2.75, 3.05) is 26.2 Å². The quantitative estimate of drug-likeness (QED) is 0.308. The molecule has 1 aliphatic rings. The molecular formula is C28H43N3O3. The Balaban J connectivity index is 1.90. The SMILES string of the molecule is CC=N/C(C)=C(C(/C)=C\C)\C(=C\CC)N1CCC(NCC(O)COc2cccc(CO)c2)CC1. The molecule has 1 aliphatic heterocycles. The molecule has 0 amide bonds. The second-order valence-corrected chi connectivity index (χ2v) is 8.76. The summed E-state index contributed by atoms with van der Waals surface area (Å²) in [4.78, 5) is 7.07. The number of aliphatic imine (C=N–C) groups is 1. The molecule has 1 atom stereocenters. The maximum absolute atomic E-state index is 10.4. The molecule has 1 aromatic rings. The Morgan fingerprint density at radius 3 is 2.62 bits per heavy atom. The summed E-state index contributed by atoms with van der Waals surface area (Å²) in [5.41, 5.74) is 5.60. The summed E-state index contributed by atoms with van der Waals surface area (Å²) in [7, 11) is 0. The van der Waals surface area contributed by atoms with Gasteiger partial charge in [0.25, 0.3) is 0 Å². The van der Waals surface area contributed by atoms with Gasteiger partial charge in [-0.1, -0.05) is 31.2 Å². The monoisotopic (exact) mass is 469 g/mol. The number of benzene rings is 1. The van der Waals surface area contributed by atoms with Crippen molar-refractivity contribution in [1.82, 2.24) is 10.2 Å². The molecule has 34 heavy (non-hydrogen) atoms. The molecule has 0 aliphatic carbocycles. The van der Waals surface area contributed by atoms with Gasteiger partial charge in [0, 0.05) is 48.9 Å². The Kier molecular flexibility index (Phi) is 12.1. The number of likely N-dealkylation sites (tertiary alicyclic amines) is 1. The van der Waals surface area contributed by atoms with Crippen LogP contribution in [0.4, 0.5) is 0 Å². The van der Waals surface area contributed by atoms with Crippen molar-refractivity contribution in [3.63, 3.8) is 0 Å². The van der Waals surface area contributed by atoms with Crippen LogP contribution in [0.25, 0.3) is 0 Å². The van der Waals surface area contributed by atoms with Crippen LogP contribution in [0, 0.1) is 0 Å². The van der Waals surface area contributed by atoms with Crippen LogP contribution in [0.1, 0.15) is 59.4 Å². The topological polar surface area (TPSA) is 77.3 Å². The summed E-state index contributed by atoms with van der Waals surface area (Å²) < 4.78 is 5.69. The highest BCUT2D eigenvalue weighted by molar-refractivity contribution is 5.58. The number of rotatable bonds is 12. The third kappa shape index (κ3) is 8.42. The Labute approximate surface area is 205 Å². The van der Waals surface area contributed by atoms with E-state index in [9.17, 15) is 10.2 Å². The number of aliphatic hydroxyl groups is 2. The van der Waals surface area contributed by atoms with Gasteiger partial charge in [0.05, 0.1) is 6.61 Å². The van der Waals surface area contributed by atoms with Gasteiger partial charge in [-0.2, -0.15) is 0 Å². The molecule has 0 saturated carbocycles. The van der Waals surface area contributed by atoms with Crippen LogP contribution in [0.2, 0.25) is 0 Å². The summed E-state index contributed by atoms with van der Waals surface area (Å²) in [5, 5.41) is 23.1. The highest BCUT2D eigenvalue weighted by Gasteiger charge is 2.24. The van der Waals surface area contributed by atoms with Crippen LogP contribution in [-0.4, -0.2) is 59.7 Å². The molecule has 188 valence electrons. The van der Waals surface area contributed by atoms with Crippen molar-refractivity contribution in [2.24, 2.45) is 4.99 Å². The second kappa shape index (κ2) is 14.8. The van der Waals surface area contributed by atoms with Gasteiger partial charge in [-0.3, -0.25) is 4.99 Å². The van der Waals surface area contributed by atoms with Crippen molar-refractivity contribution < 1.29 is 14.9 Å². The summed E-state index contributed by atoms with van der Waals surface area (Å²) in [6.45, 7) is 13.1. The molecule has 6 heteroatoms. The Bertz CT molecular complexity index is 881. The number of aliphatic hydroxyl groups excluding tert-OH is 2. The van der Waals surface area contributed by atoms with E-state index in [1.807, 2.05) is 31.3 Å². The van der Waals surface area contributed by atoms with Gasteiger partial charge in [0.1, 0.15) is 18.5 Å². The van der Waals surface area contributed by atoms with Gasteiger partial charge in [0.15, 0.2) is 0 Å². The van der Waals surface area contributed by atoms with E-state index in [0.29, 0.717) is 18.3 Å². The average Bonchev–Trinajstić information content (AvgIpc) is 2.86. The van der Waals surface area contributed by atoms with Crippen molar-refractivity contribution in [3.05, 3.63) is 64.5 Å².